The van der Waals surface area contributed by atoms with E-state index in [9.17, 15) is 4.79 Å². The lowest BCUT2D eigenvalue weighted by molar-refractivity contribution is 0.00520. The molecule has 98 valence electrons. The van der Waals surface area contributed by atoms with Gasteiger partial charge in [-0.15, -0.1) is 0 Å². The van der Waals surface area contributed by atoms with Gasteiger partial charge in [-0.05, 0) is 25.5 Å². The zero-order chi connectivity index (χ0) is 13.1. The lowest BCUT2D eigenvalue weighted by Crippen LogP contribution is -2.49. The van der Waals surface area contributed by atoms with Crippen molar-refractivity contribution in [1.29, 1.82) is 0 Å². The first-order chi connectivity index (χ1) is 8.63. The molecule has 0 saturated carbocycles. The summed E-state index contributed by atoms with van der Waals surface area (Å²) >= 11 is 3.45. The fourth-order valence-corrected chi connectivity index (χ4v) is 2.79. The van der Waals surface area contributed by atoms with Crippen LogP contribution in [0.5, 0.6) is 0 Å². The third-order valence-corrected chi connectivity index (χ3v) is 4.03. The molecule has 1 fully saturated rings. The summed E-state index contributed by atoms with van der Waals surface area (Å²) in [4.78, 5) is 14.5. The fraction of sp³-hybridized carbons (Fsp3) is 0.500. The molecule has 2 rings (SSSR count). The number of alkyl halides is 1. The van der Waals surface area contributed by atoms with Crippen LogP contribution in [0, 0.1) is 13.8 Å². The molecule has 0 N–H and O–H groups in total. The number of carbonyl (C=O) groups is 1. The SMILES string of the molecule is Cc1ccc(C(=O)N2CCOCC2CBr)c(C)c1. The molecular formula is C14H18BrNO2. The van der Waals surface area contributed by atoms with Crippen LogP contribution in [-0.2, 0) is 4.74 Å². The van der Waals surface area contributed by atoms with Gasteiger partial charge in [-0.3, -0.25) is 4.79 Å². The van der Waals surface area contributed by atoms with Gasteiger partial charge in [0.15, 0.2) is 0 Å². The van der Waals surface area contributed by atoms with E-state index in [1.165, 1.54) is 5.56 Å². The van der Waals surface area contributed by atoms with Gasteiger partial charge in [0.1, 0.15) is 0 Å². The maximum Gasteiger partial charge on any atom is 0.254 e. The second kappa shape index (κ2) is 5.85. The van der Waals surface area contributed by atoms with E-state index in [1.807, 2.05) is 30.9 Å². The first kappa shape index (κ1) is 13.6. The van der Waals surface area contributed by atoms with Crippen molar-refractivity contribution in [2.24, 2.45) is 0 Å². The summed E-state index contributed by atoms with van der Waals surface area (Å²) in [6, 6.07) is 6.10. The van der Waals surface area contributed by atoms with Crippen molar-refractivity contribution in [2.75, 3.05) is 25.1 Å². The minimum Gasteiger partial charge on any atom is -0.377 e. The molecule has 0 aromatic heterocycles. The van der Waals surface area contributed by atoms with Crippen LogP contribution in [-0.4, -0.2) is 41.9 Å². The number of carbonyl (C=O) groups excluding carboxylic acids is 1. The van der Waals surface area contributed by atoms with Crippen molar-refractivity contribution in [1.82, 2.24) is 4.90 Å². The molecule has 1 aromatic carbocycles. The monoisotopic (exact) mass is 311 g/mol. The average Bonchev–Trinajstić information content (AvgIpc) is 2.38. The molecule has 1 amide bonds. The van der Waals surface area contributed by atoms with Crippen molar-refractivity contribution in [3.8, 4) is 0 Å². The third-order valence-electron chi connectivity index (χ3n) is 3.28. The van der Waals surface area contributed by atoms with Crippen molar-refractivity contribution in [3.63, 3.8) is 0 Å². The minimum atomic E-state index is 0.111. The Morgan fingerprint density at radius 2 is 2.28 bits per heavy atom. The topological polar surface area (TPSA) is 29.5 Å². The van der Waals surface area contributed by atoms with Crippen LogP contribution in [0.25, 0.3) is 0 Å². The second-order valence-electron chi connectivity index (χ2n) is 4.70. The van der Waals surface area contributed by atoms with Gasteiger partial charge >= 0.3 is 0 Å². The zero-order valence-corrected chi connectivity index (χ0v) is 12.4. The summed E-state index contributed by atoms with van der Waals surface area (Å²) in [7, 11) is 0. The van der Waals surface area contributed by atoms with E-state index in [1.54, 1.807) is 0 Å². The number of morpholine rings is 1. The number of amides is 1. The highest BCUT2D eigenvalue weighted by Gasteiger charge is 2.27. The van der Waals surface area contributed by atoms with Crippen LogP contribution in [0.4, 0.5) is 0 Å². The fourth-order valence-electron chi connectivity index (χ4n) is 2.26. The Morgan fingerprint density at radius 3 is 2.94 bits per heavy atom. The Hall–Kier alpha value is -0.870. The summed E-state index contributed by atoms with van der Waals surface area (Å²) in [6.45, 7) is 5.94. The molecule has 1 saturated heterocycles. The van der Waals surface area contributed by atoms with E-state index in [0.717, 1.165) is 16.5 Å². The van der Waals surface area contributed by atoms with E-state index in [0.29, 0.717) is 19.8 Å². The van der Waals surface area contributed by atoms with E-state index in [4.69, 9.17) is 4.74 Å². The quantitative estimate of drug-likeness (QED) is 0.786. The van der Waals surface area contributed by atoms with Gasteiger partial charge in [-0.1, -0.05) is 33.6 Å². The Morgan fingerprint density at radius 1 is 1.50 bits per heavy atom. The Labute approximate surface area is 116 Å². The van der Waals surface area contributed by atoms with Gasteiger partial charge in [0.25, 0.3) is 5.91 Å². The van der Waals surface area contributed by atoms with Gasteiger partial charge in [-0.2, -0.15) is 0 Å². The molecular weight excluding hydrogens is 294 g/mol. The lowest BCUT2D eigenvalue weighted by atomic mass is 10.0. The first-order valence-corrected chi connectivity index (χ1v) is 7.27. The summed E-state index contributed by atoms with van der Waals surface area (Å²) in [5.74, 6) is 0.111. The molecule has 1 aliphatic rings. The Balaban J connectivity index is 2.24. The number of hydrogen-bond acceptors (Lipinski definition) is 2. The molecule has 3 nitrogen and oxygen atoms in total. The van der Waals surface area contributed by atoms with Crippen LogP contribution >= 0.6 is 15.9 Å². The van der Waals surface area contributed by atoms with E-state index in [2.05, 4.69) is 22.0 Å². The largest absolute Gasteiger partial charge is 0.377 e. The zero-order valence-electron chi connectivity index (χ0n) is 10.8. The van der Waals surface area contributed by atoms with Gasteiger partial charge in [0.05, 0.1) is 19.3 Å². The van der Waals surface area contributed by atoms with Gasteiger partial charge in [0, 0.05) is 17.4 Å². The highest BCUT2D eigenvalue weighted by atomic mass is 79.9. The van der Waals surface area contributed by atoms with Crippen LogP contribution in [0.1, 0.15) is 21.5 Å². The lowest BCUT2D eigenvalue weighted by Gasteiger charge is -2.35. The van der Waals surface area contributed by atoms with Crippen LogP contribution in [0.2, 0.25) is 0 Å². The number of aryl methyl sites for hydroxylation is 2. The number of nitrogens with zero attached hydrogens (tertiary/aromatic N) is 1. The minimum absolute atomic E-state index is 0.111. The summed E-state index contributed by atoms with van der Waals surface area (Å²) in [6.07, 6.45) is 0. The number of benzene rings is 1. The number of halogens is 1. The van der Waals surface area contributed by atoms with Crippen molar-refractivity contribution < 1.29 is 9.53 Å². The Kier molecular flexibility index (Phi) is 4.40. The predicted octanol–water partition coefficient (Wildman–Crippen LogP) is 2.54. The van der Waals surface area contributed by atoms with E-state index >= 15 is 0 Å². The first-order valence-electron chi connectivity index (χ1n) is 6.15. The van der Waals surface area contributed by atoms with Crippen LogP contribution in [0.15, 0.2) is 18.2 Å². The summed E-state index contributed by atoms with van der Waals surface area (Å²) in [5.41, 5.74) is 3.02. The predicted molar refractivity (Wildman–Crippen MR) is 75.4 cm³/mol. The molecule has 1 aromatic rings. The van der Waals surface area contributed by atoms with Crippen molar-refractivity contribution >= 4 is 21.8 Å². The summed E-state index contributed by atoms with van der Waals surface area (Å²) < 4.78 is 5.41. The number of rotatable bonds is 2. The number of ether oxygens (including phenoxy) is 1. The third kappa shape index (κ3) is 2.75. The van der Waals surface area contributed by atoms with E-state index in [-0.39, 0.29) is 11.9 Å². The van der Waals surface area contributed by atoms with Gasteiger partial charge in [-0.25, -0.2) is 0 Å². The molecule has 1 atom stereocenters. The van der Waals surface area contributed by atoms with E-state index < -0.39 is 0 Å². The molecule has 1 heterocycles. The highest BCUT2D eigenvalue weighted by Crippen LogP contribution is 2.17. The molecule has 1 unspecified atom stereocenters. The molecule has 18 heavy (non-hydrogen) atoms. The Bertz CT molecular complexity index is 447. The van der Waals surface area contributed by atoms with Crippen LogP contribution < -0.4 is 0 Å². The molecule has 0 aliphatic carbocycles. The van der Waals surface area contributed by atoms with Crippen molar-refractivity contribution in [2.45, 2.75) is 19.9 Å². The second-order valence-corrected chi connectivity index (χ2v) is 5.35. The molecule has 0 bridgehead atoms. The molecule has 0 radical (unpaired) electrons. The standard InChI is InChI=1S/C14H18BrNO2/c1-10-3-4-13(11(2)7-10)14(17)16-5-6-18-9-12(16)8-15/h3-4,7,12H,5-6,8-9H2,1-2H3. The molecule has 0 spiro atoms. The maximum absolute atomic E-state index is 12.6. The maximum atomic E-state index is 12.6. The summed E-state index contributed by atoms with van der Waals surface area (Å²) in [5, 5.41) is 0.754. The highest BCUT2D eigenvalue weighted by molar-refractivity contribution is 9.09. The number of hydrogen-bond donors (Lipinski definition) is 0. The van der Waals surface area contributed by atoms with Crippen LogP contribution in [0.3, 0.4) is 0 Å². The molecule has 1 aliphatic heterocycles. The normalized spacial score (nSPS) is 19.9. The van der Waals surface area contributed by atoms with Gasteiger partial charge < -0.3 is 9.64 Å². The smallest absolute Gasteiger partial charge is 0.254 e. The molecule has 4 heteroatoms. The van der Waals surface area contributed by atoms with Crippen molar-refractivity contribution in [3.05, 3.63) is 34.9 Å². The average molecular weight is 312 g/mol. The van der Waals surface area contributed by atoms with Gasteiger partial charge in [0.2, 0.25) is 0 Å².